The summed E-state index contributed by atoms with van der Waals surface area (Å²) in [6, 6.07) is 7.92. The maximum atomic E-state index is 12.8. The zero-order valence-electron chi connectivity index (χ0n) is 14.4. The first-order valence-corrected chi connectivity index (χ1v) is 10.7. The van der Waals surface area contributed by atoms with Gasteiger partial charge in [-0.15, -0.1) is 11.3 Å². The molecule has 9 heteroatoms. The number of anilines is 1. The summed E-state index contributed by atoms with van der Waals surface area (Å²) in [6.07, 6.45) is 1.81. The molecule has 2 aromatic rings. The van der Waals surface area contributed by atoms with E-state index in [2.05, 4.69) is 5.32 Å². The second kappa shape index (κ2) is 7.73. The van der Waals surface area contributed by atoms with Gasteiger partial charge in [0.1, 0.15) is 5.69 Å². The molecule has 1 saturated heterocycles. The number of nitrogens with one attached hydrogen (secondary N) is 1. The van der Waals surface area contributed by atoms with Crippen LogP contribution in [-0.2, 0) is 16.6 Å². The Morgan fingerprint density at radius 1 is 1.38 bits per heavy atom. The van der Waals surface area contributed by atoms with Crippen molar-refractivity contribution < 1.29 is 13.3 Å². The highest BCUT2D eigenvalue weighted by Crippen LogP contribution is 2.31. The fourth-order valence-corrected chi connectivity index (χ4v) is 5.35. The summed E-state index contributed by atoms with van der Waals surface area (Å²) in [7, 11) is -3.72. The van der Waals surface area contributed by atoms with Crippen LogP contribution < -0.4 is 5.32 Å². The van der Waals surface area contributed by atoms with Crippen molar-refractivity contribution >= 4 is 32.7 Å². The summed E-state index contributed by atoms with van der Waals surface area (Å²) >= 11 is 1.55. The lowest BCUT2D eigenvalue weighted by Gasteiger charge is -2.30. The smallest absolute Gasteiger partial charge is 0.293 e. The molecule has 1 aliphatic heterocycles. The van der Waals surface area contributed by atoms with Crippen molar-refractivity contribution in [3.8, 4) is 0 Å². The molecule has 0 spiro atoms. The Labute approximate surface area is 156 Å². The molecule has 3 rings (SSSR count). The molecular weight excluding hydrogens is 374 g/mol. The molecule has 140 valence electrons. The Balaban J connectivity index is 1.86. The number of thiophene rings is 1. The lowest BCUT2D eigenvalue weighted by Crippen LogP contribution is -2.39. The zero-order chi connectivity index (χ0) is 18.7. The van der Waals surface area contributed by atoms with Crippen molar-refractivity contribution in [1.29, 1.82) is 0 Å². The van der Waals surface area contributed by atoms with E-state index in [1.165, 1.54) is 16.4 Å². The predicted octanol–water partition coefficient (Wildman–Crippen LogP) is 3.69. The number of hydrogen-bond donors (Lipinski definition) is 1. The molecular formula is C17H21N3O4S2. The first-order valence-electron chi connectivity index (χ1n) is 8.43. The summed E-state index contributed by atoms with van der Waals surface area (Å²) in [4.78, 5) is 11.9. The van der Waals surface area contributed by atoms with Crippen LogP contribution in [0.3, 0.4) is 0 Å². The predicted molar refractivity (Wildman–Crippen MR) is 102 cm³/mol. The molecule has 0 radical (unpaired) electrons. The van der Waals surface area contributed by atoms with Gasteiger partial charge in [-0.2, -0.15) is 4.31 Å². The van der Waals surface area contributed by atoms with Gasteiger partial charge in [-0.3, -0.25) is 10.1 Å². The first kappa shape index (κ1) is 18.8. The molecule has 7 nitrogen and oxygen atoms in total. The van der Waals surface area contributed by atoms with Crippen molar-refractivity contribution in [3.63, 3.8) is 0 Å². The second-order valence-corrected chi connectivity index (χ2v) is 9.45. The minimum absolute atomic E-state index is 0.0278. The van der Waals surface area contributed by atoms with Gasteiger partial charge in [-0.1, -0.05) is 13.0 Å². The third-order valence-electron chi connectivity index (χ3n) is 4.46. The number of nitro benzene ring substituents is 1. The van der Waals surface area contributed by atoms with E-state index in [1.54, 1.807) is 11.3 Å². The molecule has 2 heterocycles. The first-order chi connectivity index (χ1) is 12.4. The number of nitrogens with zero attached hydrogens (tertiary/aromatic N) is 2. The Morgan fingerprint density at radius 3 is 2.85 bits per heavy atom. The van der Waals surface area contributed by atoms with E-state index in [9.17, 15) is 18.5 Å². The minimum Gasteiger partial charge on any atom is -0.375 e. The van der Waals surface area contributed by atoms with Crippen LogP contribution in [0.25, 0.3) is 0 Å². The van der Waals surface area contributed by atoms with Gasteiger partial charge in [0.05, 0.1) is 9.82 Å². The summed E-state index contributed by atoms with van der Waals surface area (Å²) in [5, 5.41) is 16.4. The van der Waals surface area contributed by atoms with Crippen LogP contribution in [0.2, 0.25) is 0 Å². The lowest BCUT2D eigenvalue weighted by atomic mass is 10.0. The number of rotatable bonds is 6. The molecule has 0 saturated carbocycles. The zero-order valence-corrected chi connectivity index (χ0v) is 16.1. The molecule has 1 aliphatic rings. The van der Waals surface area contributed by atoms with Gasteiger partial charge in [0, 0.05) is 30.6 Å². The van der Waals surface area contributed by atoms with Crippen LogP contribution in [0, 0.1) is 16.0 Å². The van der Waals surface area contributed by atoms with E-state index < -0.39 is 14.9 Å². The van der Waals surface area contributed by atoms with Crippen molar-refractivity contribution in [2.24, 2.45) is 5.92 Å². The molecule has 0 bridgehead atoms. The highest BCUT2D eigenvalue weighted by atomic mass is 32.2. The van der Waals surface area contributed by atoms with Crippen molar-refractivity contribution in [2.45, 2.75) is 31.2 Å². The van der Waals surface area contributed by atoms with E-state index in [0.29, 0.717) is 31.2 Å². The summed E-state index contributed by atoms with van der Waals surface area (Å²) < 4.78 is 27.1. The van der Waals surface area contributed by atoms with Crippen LogP contribution in [0.15, 0.2) is 40.6 Å². The Bertz CT molecular complexity index is 881. The van der Waals surface area contributed by atoms with Gasteiger partial charge in [-0.25, -0.2) is 8.42 Å². The maximum absolute atomic E-state index is 12.8. The van der Waals surface area contributed by atoms with Gasteiger partial charge < -0.3 is 5.32 Å². The summed E-state index contributed by atoms with van der Waals surface area (Å²) in [5.74, 6) is 0.292. The molecule has 26 heavy (non-hydrogen) atoms. The van der Waals surface area contributed by atoms with Crippen molar-refractivity contribution in [1.82, 2.24) is 4.31 Å². The number of hydrogen-bond acceptors (Lipinski definition) is 6. The quantitative estimate of drug-likeness (QED) is 0.595. The van der Waals surface area contributed by atoms with E-state index in [-0.39, 0.29) is 10.6 Å². The second-order valence-electron chi connectivity index (χ2n) is 6.48. The normalized spacial score (nSPS) is 18.6. The Hall–Kier alpha value is -1.97. The largest absolute Gasteiger partial charge is 0.375 e. The van der Waals surface area contributed by atoms with E-state index in [1.807, 2.05) is 24.4 Å². The summed E-state index contributed by atoms with van der Waals surface area (Å²) in [6.45, 7) is 3.38. The molecule has 0 unspecified atom stereocenters. The third kappa shape index (κ3) is 4.05. The fraction of sp³-hybridized carbons (Fsp3) is 0.412. The lowest BCUT2D eigenvalue weighted by molar-refractivity contribution is -0.384. The number of benzene rings is 1. The van der Waals surface area contributed by atoms with Crippen molar-refractivity contribution in [3.05, 3.63) is 50.7 Å². The standard InChI is InChI=1S/C17H21N3O4S2/c1-13-4-2-8-19(12-13)26(23,24)15-6-7-16(17(10-15)20(21)22)18-11-14-5-3-9-25-14/h3,5-7,9-10,13,18H,2,4,8,11-12H2,1H3/t13-/m1/s1. The van der Waals surface area contributed by atoms with E-state index in [0.717, 1.165) is 23.8 Å². The SMILES string of the molecule is C[C@@H]1CCCN(S(=O)(=O)c2ccc(NCc3cccs3)c([N+](=O)[O-])c2)C1. The minimum atomic E-state index is -3.72. The van der Waals surface area contributed by atoms with Gasteiger partial charge >= 0.3 is 0 Å². The van der Waals surface area contributed by atoms with Crippen LogP contribution in [-0.4, -0.2) is 30.7 Å². The van der Waals surface area contributed by atoms with Gasteiger partial charge in [0.25, 0.3) is 5.69 Å². The van der Waals surface area contributed by atoms with Crippen LogP contribution in [0.1, 0.15) is 24.6 Å². The Kier molecular flexibility index (Phi) is 5.59. The van der Waals surface area contributed by atoms with E-state index >= 15 is 0 Å². The highest BCUT2D eigenvalue weighted by Gasteiger charge is 2.30. The fourth-order valence-electron chi connectivity index (χ4n) is 3.08. The van der Waals surface area contributed by atoms with Crippen LogP contribution in [0.4, 0.5) is 11.4 Å². The molecule has 1 fully saturated rings. The number of sulfonamides is 1. The number of piperidine rings is 1. The number of nitro groups is 1. The molecule has 0 amide bonds. The van der Waals surface area contributed by atoms with E-state index in [4.69, 9.17) is 0 Å². The average molecular weight is 396 g/mol. The summed E-state index contributed by atoms with van der Waals surface area (Å²) in [5.41, 5.74) is 0.0852. The van der Waals surface area contributed by atoms with Gasteiger partial charge in [0.15, 0.2) is 0 Å². The third-order valence-corrected chi connectivity index (χ3v) is 7.19. The molecule has 0 aliphatic carbocycles. The molecule has 1 aromatic carbocycles. The molecule has 1 atom stereocenters. The molecule has 1 N–H and O–H groups in total. The van der Waals surface area contributed by atoms with Gasteiger partial charge in [-0.05, 0) is 42.3 Å². The van der Waals surface area contributed by atoms with Crippen molar-refractivity contribution in [2.75, 3.05) is 18.4 Å². The monoisotopic (exact) mass is 395 g/mol. The average Bonchev–Trinajstić information content (AvgIpc) is 3.13. The highest BCUT2D eigenvalue weighted by molar-refractivity contribution is 7.89. The topological polar surface area (TPSA) is 92.6 Å². The molecule has 1 aromatic heterocycles. The van der Waals surface area contributed by atoms with Crippen LogP contribution in [0.5, 0.6) is 0 Å². The van der Waals surface area contributed by atoms with Gasteiger partial charge in [0.2, 0.25) is 10.0 Å². The van der Waals surface area contributed by atoms with Crippen LogP contribution >= 0.6 is 11.3 Å². The Morgan fingerprint density at radius 2 is 2.19 bits per heavy atom. The maximum Gasteiger partial charge on any atom is 0.293 e.